The van der Waals surface area contributed by atoms with Gasteiger partial charge in [-0.1, -0.05) is 104 Å². The van der Waals surface area contributed by atoms with E-state index in [0.717, 1.165) is 84.1 Å². The van der Waals surface area contributed by atoms with E-state index in [1.54, 1.807) is 6.20 Å². The van der Waals surface area contributed by atoms with Crippen LogP contribution in [0.25, 0.3) is 0 Å². The van der Waals surface area contributed by atoms with Crippen molar-refractivity contribution in [2.75, 3.05) is 45.9 Å². The molecule has 0 rings (SSSR count). The lowest BCUT2D eigenvalue weighted by Crippen LogP contribution is -2.30. The van der Waals surface area contributed by atoms with E-state index in [1.165, 1.54) is 77.0 Å². The predicted octanol–water partition coefficient (Wildman–Crippen LogP) is 10.1. The number of ether oxygens (including phenoxy) is 2. The lowest BCUT2D eigenvalue weighted by molar-refractivity contribution is -0.144. The zero-order chi connectivity index (χ0) is 33.9. The van der Waals surface area contributed by atoms with Gasteiger partial charge >= 0.3 is 11.9 Å². The molecule has 0 saturated heterocycles. The Morgan fingerprint density at radius 3 is 1.76 bits per heavy atom. The summed E-state index contributed by atoms with van der Waals surface area (Å²) in [6.07, 6.45) is 28.0. The van der Waals surface area contributed by atoms with Gasteiger partial charge in [-0.3, -0.25) is 14.6 Å². The van der Waals surface area contributed by atoms with Gasteiger partial charge in [-0.05, 0) is 84.1 Å². The monoisotopic (exact) mass is 650 g/mol. The van der Waals surface area contributed by atoms with Gasteiger partial charge in [-0.2, -0.15) is 0 Å². The second-order valence-electron chi connectivity index (χ2n) is 13.2. The van der Waals surface area contributed by atoms with Crippen molar-refractivity contribution in [3.8, 4) is 0 Å². The average Bonchev–Trinajstić information content (AvgIpc) is 3.05. The van der Waals surface area contributed by atoms with Gasteiger partial charge in [-0.25, -0.2) is 0 Å². The molecular weight excluding hydrogens is 574 g/mol. The smallest absolute Gasteiger partial charge is 0.305 e. The number of esters is 2. The Hall–Kier alpha value is -1.89. The van der Waals surface area contributed by atoms with E-state index >= 15 is 0 Å². The van der Waals surface area contributed by atoms with Crippen LogP contribution in [0.1, 0.15) is 169 Å². The summed E-state index contributed by atoms with van der Waals surface area (Å²) in [6, 6.07) is 0. The maximum absolute atomic E-state index is 12.1. The summed E-state index contributed by atoms with van der Waals surface area (Å²) in [5.41, 5.74) is 0. The molecule has 0 fully saturated rings. The van der Waals surface area contributed by atoms with Crippen LogP contribution in [-0.2, 0) is 19.1 Å². The van der Waals surface area contributed by atoms with Crippen LogP contribution in [0.4, 0.5) is 0 Å². The first-order valence-corrected chi connectivity index (χ1v) is 19.4. The van der Waals surface area contributed by atoms with Crippen LogP contribution >= 0.6 is 0 Å². The van der Waals surface area contributed by atoms with Gasteiger partial charge in [-0.15, -0.1) is 0 Å². The molecule has 270 valence electrons. The van der Waals surface area contributed by atoms with Crippen molar-refractivity contribution in [1.29, 1.82) is 0 Å². The Bertz CT molecular complexity index is 730. The Morgan fingerprint density at radius 2 is 1.15 bits per heavy atom. The largest absolute Gasteiger partial charge is 0.466 e. The van der Waals surface area contributed by atoms with E-state index in [-0.39, 0.29) is 11.9 Å². The molecule has 0 aliphatic carbocycles. The van der Waals surface area contributed by atoms with Crippen molar-refractivity contribution < 1.29 is 19.1 Å². The van der Waals surface area contributed by atoms with Crippen molar-refractivity contribution >= 4 is 18.7 Å². The Kier molecular flexibility index (Phi) is 33.0. The molecule has 0 amide bonds. The molecule has 0 saturated carbocycles. The average molecular weight is 650 g/mol. The number of hydrogen-bond acceptors (Lipinski definition) is 7. The summed E-state index contributed by atoms with van der Waals surface area (Å²) in [5, 5.41) is 0. The van der Waals surface area contributed by atoms with E-state index in [1.807, 2.05) is 6.20 Å². The standard InChI is InChI=1S/C39H75N3O4/c1-6-9-11-12-13-19-26-38(43)45-35-22-16-14-20-30-42(33-24-32-41(8-3)34-29-40-5)31-21-15-17-23-36-46-39(44)28-27-37(4)25-18-10-7-2/h29,34,37H,5-28,30-33,35-36H2,1-4H3/b34-29-. The summed E-state index contributed by atoms with van der Waals surface area (Å²) in [5.74, 6) is 0.555. The number of hydrogen-bond donors (Lipinski definition) is 0. The molecule has 1 atom stereocenters. The highest BCUT2D eigenvalue weighted by Gasteiger charge is 2.09. The zero-order valence-corrected chi connectivity index (χ0v) is 30.9. The number of nitrogens with zero attached hydrogens (tertiary/aromatic N) is 3. The molecule has 7 heteroatoms. The summed E-state index contributed by atoms with van der Waals surface area (Å²) >= 11 is 0. The first-order valence-electron chi connectivity index (χ1n) is 19.4. The molecule has 0 bridgehead atoms. The topological polar surface area (TPSA) is 71.4 Å². The molecule has 0 heterocycles. The molecule has 7 nitrogen and oxygen atoms in total. The summed E-state index contributed by atoms with van der Waals surface area (Å²) in [4.78, 5) is 32.8. The molecule has 1 unspecified atom stereocenters. The molecule has 0 radical (unpaired) electrons. The second kappa shape index (κ2) is 34.4. The first kappa shape index (κ1) is 44.1. The number of carbonyl (C=O) groups is 2. The first-order chi connectivity index (χ1) is 22.5. The Labute approximate surface area is 285 Å². The van der Waals surface area contributed by atoms with Gasteiger partial charge < -0.3 is 19.3 Å². The molecular formula is C39H75N3O4. The quantitative estimate of drug-likeness (QED) is 0.0387. The van der Waals surface area contributed by atoms with Gasteiger partial charge in [0.1, 0.15) is 0 Å². The highest BCUT2D eigenvalue weighted by atomic mass is 16.5. The SMILES string of the molecule is C=N/C=C\N(CC)CCCN(CCCCCCOC(=O)CCCCCCCC)CCCCCCOC(=O)CCC(C)CCCCC. The third-order valence-electron chi connectivity index (χ3n) is 8.85. The van der Waals surface area contributed by atoms with Crippen LogP contribution in [0.2, 0.25) is 0 Å². The molecule has 0 spiro atoms. The van der Waals surface area contributed by atoms with Crippen molar-refractivity contribution in [1.82, 2.24) is 9.80 Å². The lowest BCUT2D eigenvalue weighted by Gasteiger charge is -2.24. The fraction of sp³-hybridized carbons (Fsp3) is 0.872. The fourth-order valence-corrected chi connectivity index (χ4v) is 5.71. The second-order valence-corrected chi connectivity index (χ2v) is 13.2. The van der Waals surface area contributed by atoms with Crippen LogP contribution in [0, 0.1) is 5.92 Å². The minimum Gasteiger partial charge on any atom is -0.466 e. The normalized spacial score (nSPS) is 12.1. The maximum atomic E-state index is 12.1. The molecule has 0 aromatic rings. The van der Waals surface area contributed by atoms with Gasteiger partial charge in [0.2, 0.25) is 0 Å². The maximum Gasteiger partial charge on any atom is 0.305 e. The van der Waals surface area contributed by atoms with Crippen molar-refractivity contribution in [2.24, 2.45) is 10.9 Å². The molecule has 0 N–H and O–H groups in total. The Balaban J connectivity index is 4.19. The van der Waals surface area contributed by atoms with Gasteiger partial charge in [0.25, 0.3) is 0 Å². The summed E-state index contributed by atoms with van der Waals surface area (Å²) < 4.78 is 11.0. The molecule has 0 aliphatic rings. The Morgan fingerprint density at radius 1 is 0.630 bits per heavy atom. The van der Waals surface area contributed by atoms with Crippen LogP contribution in [0.3, 0.4) is 0 Å². The lowest BCUT2D eigenvalue weighted by atomic mass is 9.98. The van der Waals surface area contributed by atoms with E-state index in [0.29, 0.717) is 32.0 Å². The number of carbonyl (C=O) groups excluding carboxylic acids is 2. The van der Waals surface area contributed by atoms with Crippen LogP contribution < -0.4 is 0 Å². The van der Waals surface area contributed by atoms with Crippen molar-refractivity contribution in [3.63, 3.8) is 0 Å². The van der Waals surface area contributed by atoms with Crippen LogP contribution in [0.5, 0.6) is 0 Å². The molecule has 46 heavy (non-hydrogen) atoms. The minimum absolute atomic E-state index is 0.0255. The van der Waals surface area contributed by atoms with E-state index in [9.17, 15) is 9.59 Å². The number of unbranched alkanes of at least 4 members (excludes halogenated alkanes) is 13. The van der Waals surface area contributed by atoms with Crippen molar-refractivity contribution in [2.45, 2.75) is 169 Å². The fourth-order valence-electron chi connectivity index (χ4n) is 5.71. The van der Waals surface area contributed by atoms with E-state index < -0.39 is 0 Å². The van der Waals surface area contributed by atoms with Crippen LogP contribution in [-0.4, -0.2) is 74.4 Å². The third kappa shape index (κ3) is 30.7. The van der Waals surface area contributed by atoms with Crippen LogP contribution in [0.15, 0.2) is 17.4 Å². The molecule has 0 aromatic heterocycles. The summed E-state index contributed by atoms with van der Waals surface area (Å²) in [7, 11) is 0. The highest BCUT2D eigenvalue weighted by Crippen LogP contribution is 2.15. The van der Waals surface area contributed by atoms with E-state index in [2.05, 4.69) is 49.2 Å². The van der Waals surface area contributed by atoms with Gasteiger partial charge in [0, 0.05) is 38.3 Å². The van der Waals surface area contributed by atoms with Crippen molar-refractivity contribution in [3.05, 3.63) is 12.4 Å². The minimum atomic E-state index is -0.0281. The number of aliphatic imine (C=N–C) groups is 1. The summed E-state index contributed by atoms with van der Waals surface area (Å²) in [6.45, 7) is 18.8. The molecule has 0 aromatic carbocycles. The number of rotatable bonds is 35. The van der Waals surface area contributed by atoms with Gasteiger partial charge in [0.05, 0.1) is 13.2 Å². The third-order valence-corrected chi connectivity index (χ3v) is 8.85. The van der Waals surface area contributed by atoms with E-state index in [4.69, 9.17) is 9.47 Å². The zero-order valence-electron chi connectivity index (χ0n) is 30.9. The predicted molar refractivity (Wildman–Crippen MR) is 196 cm³/mol. The molecule has 0 aliphatic heterocycles. The highest BCUT2D eigenvalue weighted by molar-refractivity contribution is 5.69. The van der Waals surface area contributed by atoms with Gasteiger partial charge in [0.15, 0.2) is 0 Å².